The van der Waals surface area contributed by atoms with E-state index in [9.17, 15) is 4.79 Å². The van der Waals surface area contributed by atoms with E-state index in [1.54, 1.807) is 0 Å². The number of rotatable bonds is 4. The molecule has 0 spiro atoms. The van der Waals surface area contributed by atoms with Crippen molar-refractivity contribution in [2.45, 2.75) is 26.7 Å². The highest BCUT2D eigenvalue weighted by molar-refractivity contribution is 5.90. The van der Waals surface area contributed by atoms with Crippen LogP contribution in [0.15, 0.2) is 48.5 Å². The van der Waals surface area contributed by atoms with E-state index in [1.807, 2.05) is 31.2 Å². The van der Waals surface area contributed by atoms with Crippen LogP contribution in [-0.2, 0) is 4.79 Å². The lowest BCUT2D eigenvalue weighted by molar-refractivity contribution is -0.116. The average molecular weight is 253 g/mol. The van der Waals surface area contributed by atoms with Crippen LogP contribution in [0.1, 0.15) is 25.3 Å². The monoisotopic (exact) mass is 253 g/mol. The average Bonchev–Trinajstić information content (AvgIpc) is 2.41. The molecule has 0 aliphatic heterocycles. The van der Waals surface area contributed by atoms with Crippen LogP contribution in [-0.4, -0.2) is 5.91 Å². The van der Waals surface area contributed by atoms with Crippen LogP contribution in [0.2, 0.25) is 0 Å². The highest BCUT2D eigenvalue weighted by Crippen LogP contribution is 2.21. The zero-order chi connectivity index (χ0) is 13.7. The molecule has 2 rings (SSSR count). The third-order valence-corrected chi connectivity index (χ3v) is 3.03. The van der Waals surface area contributed by atoms with E-state index >= 15 is 0 Å². The van der Waals surface area contributed by atoms with Gasteiger partial charge >= 0.3 is 0 Å². The first-order chi connectivity index (χ1) is 9.19. The van der Waals surface area contributed by atoms with Crippen molar-refractivity contribution in [1.29, 1.82) is 0 Å². The molecule has 0 aromatic heterocycles. The van der Waals surface area contributed by atoms with Gasteiger partial charge in [-0.15, -0.1) is 0 Å². The Kier molecular flexibility index (Phi) is 4.35. The van der Waals surface area contributed by atoms with Crippen LogP contribution in [0, 0.1) is 6.92 Å². The lowest BCUT2D eigenvalue weighted by Gasteiger charge is -2.06. The number of benzene rings is 2. The van der Waals surface area contributed by atoms with Crippen LogP contribution in [0.3, 0.4) is 0 Å². The maximum Gasteiger partial charge on any atom is 0.224 e. The first kappa shape index (κ1) is 13.3. The van der Waals surface area contributed by atoms with Crippen LogP contribution >= 0.6 is 0 Å². The molecule has 0 aliphatic rings. The molecular formula is C17H19NO. The summed E-state index contributed by atoms with van der Waals surface area (Å²) in [6.07, 6.45) is 1.44. The standard InChI is InChI=1S/C17H19NO/c1-3-4-17(19)18-16-11-9-15(10-12-16)14-7-5-13(2)6-8-14/h5-12H,3-4H2,1-2H3,(H,18,19). The zero-order valence-electron chi connectivity index (χ0n) is 11.4. The van der Waals surface area contributed by atoms with Gasteiger partial charge in [0, 0.05) is 12.1 Å². The van der Waals surface area contributed by atoms with Crippen molar-refractivity contribution in [3.8, 4) is 11.1 Å². The van der Waals surface area contributed by atoms with Crippen molar-refractivity contribution in [3.63, 3.8) is 0 Å². The third-order valence-electron chi connectivity index (χ3n) is 3.03. The van der Waals surface area contributed by atoms with Gasteiger partial charge < -0.3 is 5.32 Å². The van der Waals surface area contributed by atoms with Crippen LogP contribution in [0.25, 0.3) is 11.1 Å². The molecule has 2 heteroatoms. The number of hydrogen-bond donors (Lipinski definition) is 1. The minimum atomic E-state index is 0.0746. The van der Waals surface area contributed by atoms with Gasteiger partial charge in [-0.05, 0) is 36.6 Å². The minimum Gasteiger partial charge on any atom is -0.326 e. The fourth-order valence-corrected chi connectivity index (χ4v) is 1.94. The van der Waals surface area contributed by atoms with Crippen molar-refractivity contribution in [2.24, 2.45) is 0 Å². The largest absolute Gasteiger partial charge is 0.326 e. The van der Waals surface area contributed by atoms with E-state index in [0.717, 1.165) is 17.7 Å². The highest BCUT2D eigenvalue weighted by Gasteiger charge is 2.01. The molecule has 0 atom stereocenters. The predicted molar refractivity (Wildman–Crippen MR) is 80.2 cm³/mol. The van der Waals surface area contributed by atoms with E-state index in [0.29, 0.717) is 6.42 Å². The van der Waals surface area contributed by atoms with Gasteiger partial charge in [-0.25, -0.2) is 0 Å². The Bertz CT molecular complexity index is 540. The lowest BCUT2D eigenvalue weighted by atomic mass is 10.0. The fourth-order valence-electron chi connectivity index (χ4n) is 1.94. The summed E-state index contributed by atoms with van der Waals surface area (Å²) in [6, 6.07) is 16.4. The first-order valence-corrected chi connectivity index (χ1v) is 6.66. The fraction of sp³-hybridized carbons (Fsp3) is 0.235. The lowest BCUT2D eigenvalue weighted by Crippen LogP contribution is -2.10. The molecule has 19 heavy (non-hydrogen) atoms. The van der Waals surface area contributed by atoms with E-state index in [1.165, 1.54) is 11.1 Å². The van der Waals surface area contributed by atoms with Crippen molar-refractivity contribution in [1.82, 2.24) is 0 Å². The number of aryl methyl sites for hydroxylation is 1. The molecule has 0 radical (unpaired) electrons. The van der Waals surface area contributed by atoms with Crippen molar-refractivity contribution in [3.05, 3.63) is 54.1 Å². The molecular weight excluding hydrogens is 234 g/mol. The third kappa shape index (κ3) is 3.68. The number of amides is 1. The summed E-state index contributed by atoms with van der Waals surface area (Å²) in [5.41, 5.74) is 4.46. The maximum atomic E-state index is 11.5. The zero-order valence-corrected chi connectivity index (χ0v) is 11.4. The molecule has 0 heterocycles. The van der Waals surface area contributed by atoms with Gasteiger partial charge in [0.05, 0.1) is 0 Å². The van der Waals surface area contributed by atoms with Gasteiger partial charge in [-0.2, -0.15) is 0 Å². The number of nitrogens with one attached hydrogen (secondary N) is 1. The summed E-state index contributed by atoms with van der Waals surface area (Å²) < 4.78 is 0. The van der Waals surface area contributed by atoms with Crippen molar-refractivity contribution >= 4 is 11.6 Å². The van der Waals surface area contributed by atoms with E-state index in [4.69, 9.17) is 0 Å². The molecule has 0 saturated carbocycles. The maximum absolute atomic E-state index is 11.5. The molecule has 0 fully saturated rings. The Morgan fingerprint density at radius 3 is 2.00 bits per heavy atom. The quantitative estimate of drug-likeness (QED) is 0.859. The Morgan fingerprint density at radius 2 is 1.47 bits per heavy atom. The Hall–Kier alpha value is -2.09. The molecule has 2 nitrogen and oxygen atoms in total. The molecule has 1 N–H and O–H groups in total. The van der Waals surface area contributed by atoms with Gasteiger partial charge in [-0.3, -0.25) is 4.79 Å². The summed E-state index contributed by atoms with van der Waals surface area (Å²) >= 11 is 0. The summed E-state index contributed by atoms with van der Waals surface area (Å²) in [4.78, 5) is 11.5. The van der Waals surface area contributed by atoms with Crippen LogP contribution in [0.4, 0.5) is 5.69 Å². The number of hydrogen-bond acceptors (Lipinski definition) is 1. The molecule has 0 bridgehead atoms. The summed E-state index contributed by atoms with van der Waals surface area (Å²) in [6.45, 7) is 4.08. The molecule has 2 aromatic carbocycles. The second-order valence-corrected chi connectivity index (χ2v) is 4.74. The molecule has 0 unspecified atom stereocenters. The van der Waals surface area contributed by atoms with Gasteiger partial charge in [0.15, 0.2) is 0 Å². The normalized spacial score (nSPS) is 10.2. The Morgan fingerprint density at radius 1 is 0.947 bits per heavy atom. The van der Waals surface area contributed by atoms with Crippen molar-refractivity contribution in [2.75, 3.05) is 5.32 Å². The van der Waals surface area contributed by atoms with Crippen LogP contribution < -0.4 is 5.32 Å². The minimum absolute atomic E-state index is 0.0746. The van der Waals surface area contributed by atoms with Crippen molar-refractivity contribution < 1.29 is 4.79 Å². The highest BCUT2D eigenvalue weighted by atomic mass is 16.1. The van der Waals surface area contributed by atoms with Crippen LogP contribution in [0.5, 0.6) is 0 Å². The molecule has 0 saturated heterocycles. The Balaban J connectivity index is 2.10. The summed E-state index contributed by atoms with van der Waals surface area (Å²) in [5.74, 6) is 0.0746. The van der Waals surface area contributed by atoms with Gasteiger partial charge in [-0.1, -0.05) is 48.9 Å². The smallest absolute Gasteiger partial charge is 0.224 e. The second kappa shape index (κ2) is 6.19. The summed E-state index contributed by atoms with van der Waals surface area (Å²) in [5, 5.41) is 2.89. The van der Waals surface area contributed by atoms with E-state index < -0.39 is 0 Å². The number of anilines is 1. The molecule has 98 valence electrons. The number of carbonyl (C=O) groups excluding carboxylic acids is 1. The number of carbonyl (C=O) groups is 1. The Labute approximate surface area is 114 Å². The molecule has 0 aliphatic carbocycles. The van der Waals surface area contributed by atoms with Gasteiger partial charge in [0.2, 0.25) is 5.91 Å². The van der Waals surface area contributed by atoms with E-state index in [-0.39, 0.29) is 5.91 Å². The van der Waals surface area contributed by atoms with Gasteiger partial charge in [0.1, 0.15) is 0 Å². The summed E-state index contributed by atoms with van der Waals surface area (Å²) in [7, 11) is 0. The first-order valence-electron chi connectivity index (χ1n) is 6.66. The predicted octanol–water partition coefficient (Wildman–Crippen LogP) is 4.40. The SMILES string of the molecule is CCCC(=O)Nc1ccc(-c2ccc(C)cc2)cc1. The topological polar surface area (TPSA) is 29.1 Å². The van der Waals surface area contributed by atoms with Gasteiger partial charge in [0.25, 0.3) is 0 Å². The second-order valence-electron chi connectivity index (χ2n) is 4.74. The molecule has 2 aromatic rings. The van der Waals surface area contributed by atoms with E-state index in [2.05, 4.69) is 36.5 Å². The molecule has 1 amide bonds.